The maximum Gasteiger partial charge on any atom is 0.191 e. The molecular formula is C19H37IN4O. The number of halogens is 1. The van der Waals surface area contributed by atoms with Crippen LogP contribution in [0.25, 0.3) is 0 Å². The average Bonchev–Trinajstić information content (AvgIpc) is 3.05. The largest absolute Gasteiger partial charge is 0.377 e. The smallest absolute Gasteiger partial charge is 0.191 e. The van der Waals surface area contributed by atoms with Gasteiger partial charge in [-0.15, -0.1) is 24.0 Å². The highest BCUT2D eigenvalue weighted by molar-refractivity contribution is 14.0. The van der Waals surface area contributed by atoms with E-state index in [4.69, 9.17) is 4.74 Å². The molecule has 2 aliphatic heterocycles. The lowest BCUT2D eigenvalue weighted by molar-refractivity contribution is -0.106. The molecular weight excluding hydrogens is 427 g/mol. The third-order valence-electron chi connectivity index (χ3n) is 6.53. The van der Waals surface area contributed by atoms with Gasteiger partial charge in [0, 0.05) is 50.2 Å². The van der Waals surface area contributed by atoms with Crippen LogP contribution in [0.15, 0.2) is 4.99 Å². The van der Waals surface area contributed by atoms with Crippen molar-refractivity contribution in [2.45, 2.75) is 71.1 Å². The first-order valence-electron chi connectivity index (χ1n) is 9.90. The maximum atomic E-state index is 5.89. The number of rotatable bonds is 5. The molecule has 0 aromatic rings. The minimum absolute atomic E-state index is 0. The predicted octanol–water partition coefficient (Wildman–Crippen LogP) is 2.85. The van der Waals surface area contributed by atoms with E-state index in [0.29, 0.717) is 18.1 Å². The lowest BCUT2D eigenvalue weighted by atomic mass is 9.57. The average molecular weight is 464 g/mol. The Bertz CT molecular complexity index is 457. The quantitative estimate of drug-likeness (QED) is 0.373. The second kappa shape index (κ2) is 9.22. The zero-order valence-electron chi connectivity index (χ0n) is 16.4. The molecule has 0 bridgehead atoms. The van der Waals surface area contributed by atoms with Crippen molar-refractivity contribution in [3.63, 3.8) is 0 Å². The minimum atomic E-state index is 0. The number of nitrogens with zero attached hydrogens (tertiary/aromatic N) is 2. The van der Waals surface area contributed by atoms with Crippen LogP contribution in [0.5, 0.6) is 0 Å². The van der Waals surface area contributed by atoms with Crippen LogP contribution in [0.1, 0.15) is 52.9 Å². The van der Waals surface area contributed by atoms with Crippen molar-refractivity contribution in [3.05, 3.63) is 0 Å². The Morgan fingerprint density at radius 3 is 2.80 bits per heavy atom. The van der Waals surface area contributed by atoms with Crippen LogP contribution in [0.3, 0.4) is 0 Å². The lowest BCUT2D eigenvalue weighted by Crippen LogP contribution is -2.68. The SMILES string of the molecule is CCC1CCCCN1CCNC(=NC)NC1C2CCOC2C1(C)C.I. The maximum absolute atomic E-state index is 5.89. The van der Waals surface area contributed by atoms with Crippen LogP contribution in [-0.2, 0) is 4.74 Å². The Balaban J connectivity index is 0.00000225. The topological polar surface area (TPSA) is 48.9 Å². The highest BCUT2D eigenvalue weighted by Crippen LogP contribution is 2.52. The number of fused-ring (bicyclic) bond motifs is 1. The molecule has 1 saturated carbocycles. The zero-order valence-corrected chi connectivity index (χ0v) is 18.7. The summed E-state index contributed by atoms with van der Waals surface area (Å²) in [5.74, 6) is 1.59. The van der Waals surface area contributed by atoms with Gasteiger partial charge in [-0.2, -0.15) is 0 Å². The number of aliphatic imine (C=N–C) groups is 1. The Hall–Kier alpha value is -0.0800. The van der Waals surface area contributed by atoms with Gasteiger partial charge >= 0.3 is 0 Å². The van der Waals surface area contributed by atoms with Crippen LogP contribution < -0.4 is 10.6 Å². The summed E-state index contributed by atoms with van der Waals surface area (Å²) in [6, 6.07) is 1.24. The molecule has 1 aliphatic carbocycles. The van der Waals surface area contributed by atoms with Crippen LogP contribution in [0.4, 0.5) is 0 Å². The van der Waals surface area contributed by atoms with Gasteiger partial charge in [-0.3, -0.25) is 9.89 Å². The van der Waals surface area contributed by atoms with Crippen molar-refractivity contribution in [3.8, 4) is 0 Å². The van der Waals surface area contributed by atoms with E-state index in [1.807, 2.05) is 7.05 Å². The molecule has 2 N–H and O–H groups in total. The van der Waals surface area contributed by atoms with Crippen LogP contribution >= 0.6 is 24.0 Å². The van der Waals surface area contributed by atoms with Gasteiger partial charge in [0.25, 0.3) is 0 Å². The van der Waals surface area contributed by atoms with Crippen LogP contribution in [0, 0.1) is 11.3 Å². The summed E-state index contributed by atoms with van der Waals surface area (Å²) in [4.78, 5) is 7.10. The van der Waals surface area contributed by atoms with E-state index in [2.05, 4.69) is 41.3 Å². The monoisotopic (exact) mass is 464 g/mol. The molecule has 5 nitrogen and oxygen atoms in total. The summed E-state index contributed by atoms with van der Waals surface area (Å²) in [5.41, 5.74) is 0.193. The van der Waals surface area contributed by atoms with E-state index in [-0.39, 0.29) is 29.4 Å². The van der Waals surface area contributed by atoms with Crippen LogP contribution in [-0.4, -0.2) is 62.3 Å². The first kappa shape index (κ1) is 21.2. The number of likely N-dealkylation sites (tertiary alicyclic amines) is 1. The van der Waals surface area contributed by atoms with E-state index >= 15 is 0 Å². The summed E-state index contributed by atoms with van der Waals surface area (Å²) in [5, 5.41) is 7.20. The molecule has 2 saturated heterocycles. The van der Waals surface area contributed by atoms with Crippen molar-refractivity contribution < 1.29 is 4.74 Å². The van der Waals surface area contributed by atoms with Crippen molar-refractivity contribution in [1.82, 2.24) is 15.5 Å². The summed E-state index contributed by atoms with van der Waals surface area (Å²) >= 11 is 0. The van der Waals surface area contributed by atoms with E-state index < -0.39 is 0 Å². The molecule has 0 spiro atoms. The standard InChI is InChI=1S/C19H36N4O.HI/c1-5-14-8-6-7-11-23(14)12-10-21-18(20-4)22-16-15-9-13-24-17(15)19(16,2)3;/h14-17H,5-13H2,1-4H3,(H2,20,21,22);1H. The summed E-state index contributed by atoms with van der Waals surface area (Å²) in [6.45, 7) is 11.2. The molecule has 6 heteroatoms. The Labute approximate surface area is 170 Å². The van der Waals surface area contributed by atoms with Crippen molar-refractivity contribution in [2.24, 2.45) is 16.3 Å². The minimum Gasteiger partial charge on any atom is -0.377 e. The van der Waals surface area contributed by atoms with Crippen molar-refractivity contribution in [2.75, 3.05) is 33.3 Å². The van der Waals surface area contributed by atoms with Gasteiger partial charge in [0.05, 0.1) is 6.10 Å². The van der Waals surface area contributed by atoms with E-state index in [0.717, 1.165) is 31.7 Å². The molecule has 3 rings (SSSR count). The number of guanidine groups is 1. The number of hydrogen-bond acceptors (Lipinski definition) is 3. The Morgan fingerprint density at radius 2 is 2.08 bits per heavy atom. The van der Waals surface area contributed by atoms with Gasteiger partial charge in [-0.05, 0) is 32.2 Å². The fraction of sp³-hybridized carbons (Fsp3) is 0.947. The fourth-order valence-corrected chi connectivity index (χ4v) is 5.09. The van der Waals surface area contributed by atoms with Gasteiger partial charge < -0.3 is 15.4 Å². The highest BCUT2D eigenvalue weighted by Gasteiger charge is 2.59. The number of hydrogen-bond donors (Lipinski definition) is 2. The third-order valence-corrected chi connectivity index (χ3v) is 6.53. The molecule has 146 valence electrons. The van der Waals surface area contributed by atoms with Gasteiger partial charge in [-0.1, -0.05) is 27.2 Å². The van der Waals surface area contributed by atoms with Gasteiger partial charge in [0.1, 0.15) is 0 Å². The van der Waals surface area contributed by atoms with Gasteiger partial charge in [-0.25, -0.2) is 0 Å². The molecule has 3 fully saturated rings. The highest BCUT2D eigenvalue weighted by atomic mass is 127. The zero-order chi connectivity index (χ0) is 17.2. The molecule has 0 radical (unpaired) electrons. The lowest BCUT2D eigenvalue weighted by Gasteiger charge is -2.54. The Morgan fingerprint density at radius 1 is 1.28 bits per heavy atom. The molecule has 0 amide bonds. The van der Waals surface area contributed by atoms with E-state index in [1.54, 1.807) is 0 Å². The first-order valence-corrected chi connectivity index (χ1v) is 9.90. The van der Waals surface area contributed by atoms with Gasteiger partial charge in [0.15, 0.2) is 5.96 Å². The van der Waals surface area contributed by atoms with Crippen molar-refractivity contribution in [1.29, 1.82) is 0 Å². The van der Waals surface area contributed by atoms with E-state index in [1.165, 1.54) is 38.6 Å². The molecule has 25 heavy (non-hydrogen) atoms. The molecule has 4 unspecified atom stereocenters. The molecule has 0 aromatic carbocycles. The normalized spacial score (nSPS) is 34.6. The number of ether oxygens (including phenoxy) is 1. The number of nitrogens with one attached hydrogen (secondary N) is 2. The predicted molar refractivity (Wildman–Crippen MR) is 115 cm³/mol. The summed E-state index contributed by atoms with van der Waals surface area (Å²) in [6.07, 6.45) is 6.98. The van der Waals surface area contributed by atoms with Crippen LogP contribution in [0.2, 0.25) is 0 Å². The molecule has 4 atom stereocenters. The summed E-state index contributed by atoms with van der Waals surface area (Å²) < 4.78 is 5.89. The third kappa shape index (κ3) is 4.43. The Kier molecular flexibility index (Phi) is 7.83. The number of piperidine rings is 1. The van der Waals surface area contributed by atoms with Gasteiger partial charge in [0.2, 0.25) is 0 Å². The first-order chi connectivity index (χ1) is 11.6. The summed E-state index contributed by atoms with van der Waals surface area (Å²) in [7, 11) is 1.87. The molecule has 2 heterocycles. The van der Waals surface area contributed by atoms with E-state index in [9.17, 15) is 0 Å². The second-order valence-electron chi connectivity index (χ2n) is 8.28. The molecule has 0 aromatic heterocycles. The fourth-order valence-electron chi connectivity index (χ4n) is 5.09. The second-order valence-corrected chi connectivity index (χ2v) is 8.28. The van der Waals surface area contributed by atoms with Crippen molar-refractivity contribution >= 4 is 29.9 Å². The molecule has 3 aliphatic rings.